The molecule has 0 spiro atoms. The summed E-state index contributed by atoms with van der Waals surface area (Å²) in [5.41, 5.74) is 0. The van der Waals surface area contributed by atoms with E-state index in [0.717, 1.165) is 36.4 Å². The summed E-state index contributed by atoms with van der Waals surface area (Å²) in [6.45, 7) is 13.4. The molecule has 20 heavy (non-hydrogen) atoms. The van der Waals surface area contributed by atoms with Gasteiger partial charge in [0, 0.05) is 18.6 Å². The minimum absolute atomic E-state index is 0.748. The molecule has 1 saturated heterocycles. The van der Waals surface area contributed by atoms with Crippen LogP contribution in [0, 0.1) is 17.8 Å². The molecule has 118 valence electrons. The number of rotatable bonds is 5. The zero-order valence-electron chi connectivity index (χ0n) is 14.2. The maximum atomic E-state index is 3.79. The first-order valence-electron chi connectivity index (χ1n) is 9.13. The molecule has 2 rings (SSSR count). The topological polar surface area (TPSA) is 15.3 Å². The maximum absolute atomic E-state index is 3.79. The van der Waals surface area contributed by atoms with E-state index < -0.39 is 0 Å². The van der Waals surface area contributed by atoms with Crippen molar-refractivity contribution in [1.29, 1.82) is 0 Å². The number of piperidine rings is 1. The summed E-state index contributed by atoms with van der Waals surface area (Å²) in [5.74, 6) is 2.63. The minimum atomic E-state index is 0.748. The van der Waals surface area contributed by atoms with Gasteiger partial charge >= 0.3 is 0 Å². The highest BCUT2D eigenvalue weighted by Gasteiger charge is 2.35. The lowest BCUT2D eigenvalue weighted by Gasteiger charge is -2.45. The Morgan fingerprint density at radius 2 is 1.90 bits per heavy atom. The van der Waals surface area contributed by atoms with Crippen molar-refractivity contribution < 1.29 is 0 Å². The van der Waals surface area contributed by atoms with E-state index in [-0.39, 0.29) is 0 Å². The number of hydrogen-bond donors (Lipinski definition) is 1. The van der Waals surface area contributed by atoms with Gasteiger partial charge in [-0.05, 0) is 62.9 Å². The lowest BCUT2D eigenvalue weighted by atomic mass is 9.72. The third kappa shape index (κ3) is 3.98. The van der Waals surface area contributed by atoms with Gasteiger partial charge in [0.2, 0.25) is 0 Å². The van der Waals surface area contributed by atoms with Crippen molar-refractivity contribution in [2.24, 2.45) is 17.8 Å². The highest BCUT2D eigenvalue weighted by atomic mass is 15.2. The average Bonchev–Trinajstić information content (AvgIpc) is 2.43. The normalized spacial score (nSPS) is 39.9. The molecule has 1 aliphatic carbocycles. The number of hydrogen-bond acceptors (Lipinski definition) is 2. The molecule has 1 heterocycles. The van der Waals surface area contributed by atoms with Crippen molar-refractivity contribution in [3.05, 3.63) is 0 Å². The molecule has 0 aromatic carbocycles. The summed E-state index contributed by atoms with van der Waals surface area (Å²) in [6.07, 6.45) is 8.44. The molecule has 1 N–H and O–H groups in total. The summed E-state index contributed by atoms with van der Waals surface area (Å²) in [7, 11) is 0. The molecular formula is C18H36N2. The standard InChI is InChI=1S/C18H36N2/c1-5-16-9-7-8-10-20(16)13-17-15(4)11-14(3)12-18(17)19-6-2/h14-19H,5-13H2,1-4H3. The molecule has 5 unspecified atom stereocenters. The fourth-order valence-electron chi connectivity index (χ4n) is 4.75. The van der Waals surface area contributed by atoms with Crippen LogP contribution < -0.4 is 5.32 Å². The molecule has 1 saturated carbocycles. The Kier molecular flexibility index (Phi) is 6.35. The Morgan fingerprint density at radius 1 is 1.10 bits per heavy atom. The Morgan fingerprint density at radius 3 is 2.60 bits per heavy atom. The molecule has 2 fully saturated rings. The van der Waals surface area contributed by atoms with Gasteiger partial charge in [-0.3, -0.25) is 0 Å². The van der Waals surface area contributed by atoms with Gasteiger partial charge in [-0.15, -0.1) is 0 Å². The van der Waals surface area contributed by atoms with Crippen molar-refractivity contribution in [2.45, 2.75) is 78.3 Å². The van der Waals surface area contributed by atoms with Crippen LogP contribution in [-0.4, -0.2) is 36.6 Å². The Bertz CT molecular complexity index is 279. The largest absolute Gasteiger partial charge is 0.314 e. The van der Waals surface area contributed by atoms with Gasteiger partial charge in [-0.2, -0.15) is 0 Å². The fraction of sp³-hybridized carbons (Fsp3) is 1.00. The van der Waals surface area contributed by atoms with Crippen LogP contribution in [-0.2, 0) is 0 Å². The summed E-state index contributed by atoms with van der Waals surface area (Å²) < 4.78 is 0. The Labute approximate surface area is 126 Å². The summed E-state index contributed by atoms with van der Waals surface area (Å²) in [6, 6.07) is 1.61. The van der Waals surface area contributed by atoms with Gasteiger partial charge in [0.05, 0.1) is 0 Å². The van der Waals surface area contributed by atoms with E-state index >= 15 is 0 Å². The molecule has 0 aromatic heterocycles. The van der Waals surface area contributed by atoms with Crippen molar-refractivity contribution >= 4 is 0 Å². The first-order chi connectivity index (χ1) is 9.65. The second-order valence-electron chi connectivity index (χ2n) is 7.43. The third-order valence-electron chi connectivity index (χ3n) is 5.81. The molecule has 0 radical (unpaired) electrons. The van der Waals surface area contributed by atoms with E-state index in [2.05, 4.69) is 37.9 Å². The maximum Gasteiger partial charge on any atom is 0.0112 e. The second-order valence-corrected chi connectivity index (χ2v) is 7.43. The van der Waals surface area contributed by atoms with Crippen LogP contribution in [0.5, 0.6) is 0 Å². The predicted octanol–water partition coefficient (Wildman–Crippen LogP) is 3.91. The van der Waals surface area contributed by atoms with Crippen LogP contribution in [0.25, 0.3) is 0 Å². The molecule has 2 nitrogen and oxygen atoms in total. The van der Waals surface area contributed by atoms with Crippen LogP contribution in [0.15, 0.2) is 0 Å². The summed E-state index contributed by atoms with van der Waals surface area (Å²) >= 11 is 0. The van der Waals surface area contributed by atoms with E-state index in [1.54, 1.807) is 0 Å². The molecule has 2 aliphatic rings. The van der Waals surface area contributed by atoms with Crippen LogP contribution in [0.4, 0.5) is 0 Å². The van der Waals surface area contributed by atoms with E-state index in [4.69, 9.17) is 0 Å². The number of nitrogens with zero attached hydrogens (tertiary/aromatic N) is 1. The molecular weight excluding hydrogens is 244 g/mol. The summed E-state index contributed by atoms with van der Waals surface area (Å²) in [5, 5.41) is 3.79. The zero-order chi connectivity index (χ0) is 14.5. The van der Waals surface area contributed by atoms with E-state index in [0.29, 0.717) is 0 Å². The van der Waals surface area contributed by atoms with Gasteiger partial charge in [-0.1, -0.05) is 34.1 Å². The highest BCUT2D eigenvalue weighted by Crippen LogP contribution is 2.35. The van der Waals surface area contributed by atoms with Crippen molar-refractivity contribution in [1.82, 2.24) is 10.2 Å². The minimum Gasteiger partial charge on any atom is -0.314 e. The molecule has 0 amide bonds. The average molecular weight is 280 g/mol. The number of likely N-dealkylation sites (tertiary alicyclic amines) is 1. The molecule has 5 atom stereocenters. The second kappa shape index (κ2) is 7.79. The Balaban J connectivity index is 1.99. The van der Waals surface area contributed by atoms with Crippen LogP contribution >= 0.6 is 0 Å². The van der Waals surface area contributed by atoms with Gasteiger partial charge in [-0.25, -0.2) is 0 Å². The van der Waals surface area contributed by atoms with E-state index in [1.165, 1.54) is 51.6 Å². The van der Waals surface area contributed by atoms with Crippen molar-refractivity contribution in [3.8, 4) is 0 Å². The first kappa shape index (κ1) is 16.3. The van der Waals surface area contributed by atoms with E-state index in [1.807, 2.05) is 0 Å². The molecule has 0 aromatic rings. The highest BCUT2D eigenvalue weighted by molar-refractivity contribution is 4.90. The van der Waals surface area contributed by atoms with Gasteiger partial charge in [0.1, 0.15) is 0 Å². The Hall–Kier alpha value is -0.0800. The fourth-order valence-corrected chi connectivity index (χ4v) is 4.75. The first-order valence-corrected chi connectivity index (χ1v) is 9.13. The number of nitrogens with one attached hydrogen (secondary N) is 1. The van der Waals surface area contributed by atoms with Crippen LogP contribution in [0.2, 0.25) is 0 Å². The lowest BCUT2D eigenvalue weighted by Crippen LogP contribution is -2.51. The van der Waals surface area contributed by atoms with Gasteiger partial charge in [0.25, 0.3) is 0 Å². The van der Waals surface area contributed by atoms with Crippen LogP contribution in [0.1, 0.15) is 66.2 Å². The molecule has 2 heteroatoms. The van der Waals surface area contributed by atoms with Crippen LogP contribution in [0.3, 0.4) is 0 Å². The predicted molar refractivity (Wildman–Crippen MR) is 88.0 cm³/mol. The summed E-state index contributed by atoms with van der Waals surface area (Å²) in [4.78, 5) is 2.82. The van der Waals surface area contributed by atoms with Crippen molar-refractivity contribution in [2.75, 3.05) is 19.6 Å². The third-order valence-corrected chi connectivity index (χ3v) is 5.81. The SMILES string of the molecule is CCNC1CC(C)CC(C)C1CN1CCCCC1CC. The smallest absolute Gasteiger partial charge is 0.0112 e. The van der Waals surface area contributed by atoms with E-state index in [9.17, 15) is 0 Å². The van der Waals surface area contributed by atoms with Gasteiger partial charge in [0.15, 0.2) is 0 Å². The molecule has 1 aliphatic heterocycles. The lowest BCUT2D eigenvalue weighted by molar-refractivity contribution is 0.0619. The monoisotopic (exact) mass is 280 g/mol. The quantitative estimate of drug-likeness (QED) is 0.821. The van der Waals surface area contributed by atoms with Gasteiger partial charge < -0.3 is 10.2 Å². The zero-order valence-corrected chi connectivity index (χ0v) is 14.2. The molecule has 0 bridgehead atoms. The van der Waals surface area contributed by atoms with Crippen molar-refractivity contribution in [3.63, 3.8) is 0 Å².